The van der Waals surface area contributed by atoms with E-state index in [9.17, 15) is 14.4 Å². The first kappa shape index (κ1) is 20.6. The largest absolute Gasteiger partial charge is 0.352 e. The molecule has 6 nitrogen and oxygen atoms in total. The number of hydrogen-bond donors (Lipinski definition) is 2. The average molecular weight is 406 g/mol. The van der Waals surface area contributed by atoms with E-state index in [4.69, 9.17) is 11.6 Å². The molecule has 3 rings (SSSR count). The minimum atomic E-state index is -1.16. The molecule has 2 N–H and O–H groups in total. The van der Waals surface area contributed by atoms with Crippen molar-refractivity contribution in [2.45, 2.75) is 58.0 Å². The zero-order chi connectivity index (χ0) is 20.5. The molecule has 0 aromatic heterocycles. The summed E-state index contributed by atoms with van der Waals surface area (Å²) in [6, 6.07) is 6.40. The summed E-state index contributed by atoms with van der Waals surface area (Å²) in [6.07, 6.45) is 3.56. The van der Waals surface area contributed by atoms with Crippen LogP contribution in [0.5, 0.6) is 0 Å². The molecule has 0 bridgehead atoms. The van der Waals surface area contributed by atoms with Crippen molar-refractivity contribution in [3.05, 3.63) is 34.9 Å². The monoisotopic (exact) mass is 405 g/mol. The van der Waals surface area contributed by atoms with E-state index in [1.165, 1.54) is 6.42 Å². The topological polar surface area (TPSA) is 78.5 Å². The Morgan fingerprint density at radius 3 is 2.57 bits per heavy atom. The number of amides is 4. The molecular weight excluding hydrogens is 378 g/mol. The normalized spacial score (nSPS) is 30.3. The zero-order valence-corrected chi connectivity index (χ0v) is 17.4. The van der Waals surface area contributed by atoms with Crippen LogP contribution in [0.3, 0.4) is 0 Å². The van der Waals surface area contributed by atoms with Crippen molar-refractivity contribution < 1.29 is 14.4 Å². The van der Waals surface area contributed by atoms with Gasteiger partial charge in [0.05, 0.1) is 0 Å². The molecule has 4 atom stereocenters. The third-order valence-corrected chi connectivity index (χ3v) is 6.65. The van der Waals surface area contributed by atoms with Gasteiger partial charge in [0, 0.05) is 11.1 Å². The van der Waals surface area contributed by atoms with Crippen molar-refractivity contribution in [2.75, 3.05) is 6.54 Å². The highest BCUT2D eigenvalue weighted by molar-refractivity contribution is 6.30. The Morgan fingerprint density at radius 1 is 1.25 bits per heavy atom. The zero-order valence-electron chi connectivity index (χ0n) is 16.6. The lowest BCUT2D eigenvalue weighted by Crippen LogP contribution is -2.49. The lowest BCUT2D eigenvalue weighted by molar-refractivity contribution is -0.135. The van der Waals surface area contributed by atoms with E-state index in [0.29, 0.717) is 28.8 Å². The van der Waals surface area contributed by atoms with Crippen LogP contribution >= 0.6 is 11.6 Å². The predicted molar refractivity (Wildman–Crippen MR) is 108 cm³/mol. The van der Waals surface area contributed by atoms with Gasteiger partial charge in [0.2, 0.25) is 5.91 Å². The maximum Gasteiger partial charge on any atom is 0.325 e. The van der Waals surface area contributed by atoms with Crippen molar-refractivity contribution in [1.82, 2.24) is 15.5 Å². The number of carbonyl (C=O) groups is 3. The first-order chi connectivity index (χ1) is 13.3. The van der Waals surface area contributed by atoms with Gasteiger partial charge in [-0.15, -0.1) is 0 Å². The van der Waals surface area contributed by atoms with E-state index in [1.54, 1.807) is 24.3 Å². The van der Waals surface area contributed by atoms with E-state index < -0.39 is 17.5 Å². The van der Waals surface area contributed by atoms with Gasteiger partial charge in [-0.1, -0.05) is 57.3 Å². The fraction of sp³-hybridized carbons (Fsp3) is 0.571. The van der Waals surface area contributed by atoms with Crippen LogP contribution in [0.15, 0.2) is 24.3 Å². The molecule has 1 aliphatic carbocycles. The molecule has 1 aliphatic heterocycles. The summed E-state index contributed by atoms with van der Waals surface area (Å²) in [5.74, 6) is 0.234. The number of hydrogen-bond acceptors (Lipinski definition) is 3. The molecule has 2 fully saturated rings. The first-order valence-electron chi connectivity index (χ1n) is 9.98. The second-order valence-electron chi connectivity index (χ2n) is 8.03. The lowest BCUT2D eigenvalue weighted by Gasteiger charge is -2.34. The molecular formula is C21H28ClN3O3. The highest BCUT2D eigenvalue weighted by Gasteiger charge is 2.51. The quantitative estimate of drug-likeness (QED) is 0.736. The van der Waals surface area contributed by atoms with Crippen molar-refractivity contribution in [2.24, 2.45) is 11.8 Å². The number of imide groups is 1. The number of urea groups is 1. The average Bonchev–Trinajstić information content (AvgIpc) is 2.91. The summed E-state index contributed by atoms with van der Waals surface area (Å²) < 4.78 is 0. The van der Waals surface area contributed by atoms with Gasteiger partial charge in [0.25, 0.3) is 5.91 Å². The van der Waals surface area contributed by atoms with Crippen LogP contribution in [-0.2, 0) is 15.1 Å². The molecule has 0 radical (unpaired) electrons. The van der Waals surface area contributed by atoms with Gasteiger partial charge in [-0.3, -0.25) is 14.5 Å². The summed E-state index contributed by atoms with van der Waals surface area (Å²) in [5.41, 5.74) is -0.496. The van der Waals surface area contributed by atoms with Gasteiger partial charge in [-0.2, -0.15) is 0 Å². The van der Waals surface area contributed by atoms with Crippen molar-refractivity contribution in [1.29, 1.82) is 0 Å². The second kappa shape index (κ2) is 8.11. The molecule has 152 valence electrons. The fourth-order valence-electron chi connectivity index (χ4n) is 4.33. The number of nitrogens with zero attached hydrogens (tertiary/aromatic N) is 1. The summed E-state index contributed by atoms with van der Waals surface area (Å²) in [6.45, 7) is 5.91. The summed E-state index contributed by atoms with van der Waals surface area (Å²) in [7, 11) is 0. The lowest BCUT2D eigenvalue weighted by atomic mass is 9.78. The highest BCUT2D eigenvalue weighted by atomic mass is 35.5. The molecule has 1 saturated heterocycles. The van der Waals surface area contributed by atoms with E-state index in [-0.39, 0.29) is 18.5 Å². The molecule has 7 heteroatoms. The van der Waals surface area contributed by atoms with Crippen LogP contribution in [0.4, 0.5) is 4.79 Å². The van der Waals surface area contributed by atoms with Gasteiger partial charge >= 0.3 is 6.03 Å². The van der Waals surface area contributed by atoms with Gasteiger partial charge in [0.15, 0.2) is 0 Å². The van der Waals surface area contributed by atoms with Crippen LogP contribution in [0.2, 0.25) is 5.02 Å². The van der Waals surface area contributed by atoms with E-state index in [2.05, 4.69) is 24.5 Å². The number of nitrogens with one attached hydrogen (secondary N) is 2. The van der Waals surface area contributed by atoms with E-state index in [0.717, 1.165) is 17.7 Å². The molecule has 28 heavy (non-hydrogen) atoms. The summed E-state index contributed by atoms with van der Waals surface area (Å²) >= 11 is 5.95. The summed E-state index contributed by atoms with van der Waals surface area (Å²) in [5, 5.41) is 6.38. The first-order valence-corrected chi connectivity index (χ1v) is 10.4. The van der Waals surface area contributed by atoms with Crippen LogP contribution in [0.25, 0.3) is 0 Å². The second-order valence-corrected chi connectivity index (χ2v) is 8.46. The van der Waals surface area contributed by atoms with Crippen LogP contribution < -0.4 is 10.6 Å². The smallest absolute Gasteiger partial charge is 0.325 e. The number of carbonyl (C=O) groups excluding carboxylic acids is 3. The number of halogens is 1. The standard InChI is InChI=1S/C21H28ClN3O3/c1-4-21(15-8-10-16(22)11-9-15)19(27)25(20(28)24-21)12-18(26)23-17-7-5-6-13(2)14(17)3/h8-11,13-14,17H,4-7,12H2,1-3H3,(H,23,26)(H,24,28)/t13-,14-,17-,21-/m1/s1. The van der Waals surface area contributed by atoms with Crippen molar-refractivity contribution in [3.8, 4) is 0 Å². The maximum absolute atomic E-state index is 13.1. The molecule has 1 aromatic rings. The van der Waals surface area contributed by atoms with Gasteiger partial charge in [0.1, 0.15) is 12.1 Å². The third kappa shape index (κ3) is 3.75. The molecule has 1 heterocycles. The minimum absolute atomic E-state index is 0.0872. The summed E-state index contributed by atoms with van der Waals surface area (Å²) in [4.78, 5) is 39.3. The third-order valence-electron chi connectivity index (χ3n) is 6.40. The van der Waals surface area contributed by atoms with E-state index in [1.807, 2.05) is 6.92 Å². The van der Waals surface area contributed by atoms with Crippen molar-refractivity contribution in [3.63, 3.8) is 0 Å². The number of benzene rings is 1. The molecule has 1 saturated carbocycles. The fourth-order valence-corrected chi connectivity index (χ4v) is 4.45. The maximum atomic E-state index is 13.1. The number of rotatable bonds is 5. The Morgan fingerprint density at radius 2 is 1.93 bits per heavy atom. The Hall–Kier alpha value is -2.08. The predicted octanol–water partition coefficient (Wildman–Crippen LogP) is 3.44. The van der Waals surface area contributed by atoms with E-state index >= 15 is 0 Å². The van der Waals surface area contributed by atoms with Crippen LogP contribution in [-0.4, -0.2) is 35.3 Å². The van der Waals surface area contributed by atoms with Crippen LogP contribution in [0.1, 0.15) is 52.0 Å². The molecule has 2 aliphatic rings. The Kier molecular flexibility index (Phi) is 5.98. The van der Waals surface area contributed by atoms with Gasteiger partial charge in [-0.05, 0) is 42.4 Å². The molecule has 0 spiro atoms. The van der Waals surface area contributed by atoms with Gasteiger partial charge < -0.3 is 10.6 Å². The Bertz CT molecular complexity index is 767. The molecule has 1 aromatic carbocycles. The van der Waals surface area contributed by atoms with Crippen LogP contribution in [0, 0.1) is 11.8 Å². The Balaban J connectivity index is 1.72. The van der Waals surface area contributed by atoms with Crippen molar-refractivity contribution >= 4 is 29.4 Å². The molecule has 0 unspecified atom stereocenters. The highest BCUT2D eigenvalue weighted by Crippen LogP contribution is 2.33. The molecule has 4 amide bonds. The SMILES string of the molecule is CC[C@]1(c2ccc(Cl)cc2)NC(=O)N(CC(=O)N[C@@H]2CCC[C@@H](C)[C@H]2C)C1=O. The van der Waals surface area contributed by atoms with Gasteiger partial charge in [-0.25, -0.2) is 4.79 Å². The Labute approximate surface area is 171 Å². The minimum Gasteiger partial charge on any atom is -0.352 e.